The second-order valence-corrected chi connectivity index (χ2v) is 8.95. The van der Waals surface area contributed by atoms with Gasteiger partial charge in [-0.15, -0.1) is 0 Å². The fourth-order valence-corrected chi connectivity index (χ4v) is 5.28. The summed E-state index contributed by atoms with van der Waals surface area (Å²) in [5, 5.41) is 0. The third kappa shape index (κ3) is 4.55. The van der Waals surface area contributed by atoms with Crippen molar-refractivity contribution >= 4 is 16.1 Å². The van der Waals surface area contributed by atoms with Crippen LogP contribution in [0.2, 0.25) is 0 Å². The molecule has 0 unspecified atom stereocenters. The smallest absolute Gasteiger partial charge is 0.409 e. The highest BCUT2D eigenvalue weighted by molar-refractivity contribution is 7.89. The van der Waals surface area contributed by atoms with Crippen molar-refractivity contribution in [3.63, 3.8) is 0 Å². The van der Waals surface area contributed by atoms with Crippen LogP contribution in [0, 0.1) is 6.92 Å². The number of nitrogens with zero attached hydrogens (tertiary/aromatic N) is 2. The quantitative estimate of drug-likeness (QED) is 0.765. The fraction of sp³-hybridized carbons (Fsp3) is 0.632. The molecule has 1 aliphatic heterocycles. The molecule has 150 valence electrons. The number of aryl methyl sites for hydroxylation is 1. The summed E-state index contributed by atoms with van der Waals surface area (Å²) in [5.74, 6) is 0.727. The molecule has 0 aromatic heterocycles. The predicted molar refractivity (Wildman–Crippen MR) is 101 cm³/mol. The summed E-state index contributed by atoms with van der Waals surface area (Å²) in [4.78, 5) is 13.6. The van der Waals surface area contributed by atoms with Gasteiger partial charge in [-0.1, -0.05) is 0 Å². The van der Waals surface area contributed by atoms with Crippen LogP contribution in [-0.2, 0) is 14.8 Å². The average molecular weight is 397 g/mol. The zero-order valence-electron chi connectivity index (χ0n) is 16.0. The lowest BCUT2D eigenvalue weighted by atomic mass is 10.2. The second-order valence-electron chi connectivity index (χ2n) is 7.04. The second kappa shape index (κ2) is 8.48. The number of carbonyl (C=O) groups excluding carboxylic acids is 1. The molecular formula is C19H28N2O5S. The first-order chi connectivity index (χ1) is 12.9. The molecule has 3 rings (SSSR count). The summed E-state index contributed by atoms with van der Waals surface area (Å²) in [6.07, 6.45) is 4.34. The Morgan fingerprint density at radius 1 is 1.15 bits per heavy atom. The van der Waals surface area contributed by atoms with Crippen molar-refractivity contribution in [1.82, 2.24) is 9.21 Å². The van der Waals surface area contributed by atoms with Crippen molar-refractivity contribution in [1.29, 1.82) is 0 Å². The summed E-state index contributed by atoms with van der Waals surface area (Å²) in [6.45, 7) is 5.05. The Hall–Kier alpha value is -1.80. The van der Waals surface area contributed by atoms with Crippen molar-refractivity contribution in [2.75, 3.05) is 32.8 Å². The van der Waals surface area contributed by atoms with Crippen LogP contribution in [0.4, 0.5) is 4.79 Å². The Bertz CT molecular complexity index is 766. The van der Waals surface area contributed by atoms with E-state index in [-0.39, 0.29) is 25.3 Å². The van der Waals surface area contributed by atoms with E-state index in [1.807, 2.05) is 0 Å². The Labute approximate surface area is 161 Å². The number of amides is 1. The molecule has 0 radical (unpaired) electrons. The molecule has 0 spiro atoms. The van der Waals surface area contributed by atoms with Gasteiger partial charge in [0.05, 0.1) is 17.6 Å². The number of ether oxygens (including phenoxy) is 2. The van der Waals surface area contributed by atoms with Gasteiger partial charge < -0.3 is 14.4 Å². The van der Waals surface area contributed by atoms with Gasteiger partial charge in [-0.2, -0.15) is 4.31 Å². The van der Waals surface area contributed by atoms with Crippen molar-refractivity contribution in [2.45, 2.75) is 50.5 Å². The highest BCUT2D eigenvalue weighted by atomic mass is 32.2. The van der Waals surface area contributed by atoms with Crippen LogP contribution in [0.25, 0.3) is 0 Å². The van der Waals surface area contributed by atoms with Crippen LogP contribution in [0.1, 0.15) is 38.2 Å². The van der Waals surface area contributed by atoms with Gasteiger partial charge in [0.1, 0.15) is 5.75 Å². The zero-order chi connectivity index (χ0) is 19.4. The van der Waals surface area contributed by atoms with E-state index in [1.165, 1.54) is 17.1 Å². The number of benzene rings is 1. The van der Waals surface area contributed by atoms with Crippen LogP contribution >= 0.6 is 0 Å². The van der Waals surface area contributed by atoms with Crippen LogP contribution < -0.4 is 4.74 Å². The molecule has 1 aromatic rings. The van der Waals surface area contributed by atoms with Gasteiger partial charge in [-0.3, -0.25) is 0 Å². The molecule has 1 amide bonds. The minimum absolute atomic E-state index is 0.239. The summed E-state index contributed by atoms with van der Waals surface area (Å²) >= 11 is 0. The van der Waals surface area contributed by atoms with E-state index in [2.05, 4.69) is 0 Å². The van der Waals surface area contributed by atoms with E-state index in [0.717, 1.165) is 18.6 Å². The largest absolute Gasteiger partial charge is 0.490 e. The van der Waals surface area contributed by atoms with Crippen molar-refractivity contribution in [2.24, 2.45) is 0 Å². The van der Waals surface area contributed by atoms with Crippen molar-refractivity contribution in [3.8, 4) is 5.75 Å². The molecule has 7 nitrogen and oxygen atoms in total. The molecular weight excluding hydrogens is 368 g/mol. The molecule has 1 heterocycles. The van der Waals surface area contributed by atoms with E-state index in [9.17, 15) is 13.2 Å². The van der Waals surface area contributed by atoms with Gasteiger partial charge in [-0.25, -0.2) is 13.2 Å². The maximum atomic E-state index is 13.0. The fourth-order valence-electron chi connectivity index (χ4n) is 3.65. The van der Waals surface area contributed by atoms with Gasteiger partial charge >= 0.3 is 6.09 Å². The Morgan fingerprint density at radius 2 is 1.81 bits per heavy atom. The molecule has 1 saturated carbocycles. The van der Waals surface area contributed by atoms with E-state index < -0.39 is 10.0 Å². The summed E-state index contributed by atoms with van der Waals surface area (Å²) in [5.41, 5.74) is 0.679. The molecule has 1 aromatic carbocycles. The third-order valence-electron chi connectivity index (χ3n) is 5.13. The highest BCUT2D eigenvalue weighted by Crippen LogP contribution is 2.28. The van der Waals surface area contributed by atoms with Gasteiger partial charge in [0.2, 0.25) is 10.0 Å². The average Bonchev–Trinajstić information content (AvgIpc) is 3.15. The van der Waals surface area contributed by atoms with E-state index in [0.29, 0.717) is 30.2 Å². The first-order valence-electron chi connectivity index (χ1n) is 9.61. The van der Waals surface area contributed by atoms with Gasteiger partial charge in [-0.05, 0) is 63.3 Å². The number of carbonyl (C=O) groups is 1. The Balaban J connectivity index is 1.67. The lowest BCUT2D eigenvalue weighted by Crippen LogP contribution is -2.50. The molecule has 0 atom stereocenters. The van der Waals surface area contributed by atoms with E-state index >= 15 is 0 Å². The molecule has 0 N–H and O–H groups in total. The number of rotatable bonds is 5. The Morgan fingerprint density at radius 3 is 2.41 bits per heavy atom. The summed E-state index contributed by atoms with van der Waals surface area (Å²) in [6, 6.07) is 5.18. The standard InChI is InChI=1S/C19H28N2O5S/c1-3-25-19(22)20-10-12-21(13-11-20)27(23,24)18-9-8-17(14-15(18)2)26-16-6-4-5-7-16/h8-9,14,16H,3-7,10-13H2,1-2H3. The minimum atomic E-state index is -3.60. The summed E-state index contributed by atoms with van der Waals surface area (Å²) < 4.78 is 38.4. The molecule has 27 heavy (non-hydrogen) atoms. The molecule has 0 bridgehead atoms. The van der Waals surface area contributed by atoms with E-state index in [4.69, 9.17) is 9.47 Å². The number of sulfonamides is 1. The van der Waals surface area contributed by atoms with Gasteiger partial charge in [0, 0.05) is 26.2 Å². The number of hydrogen-bond acceptors (Lipinski definition) is 5. The molecule has 1 aliphatic carbocycles. The first-order valence-corrected chi connectivity index (χ1v) is 11.0. The normalized spacial score (nSPS) is 19.3. The molecule has 8 heteroatoms. The number of piperazine rings is 1. The summed E-state index contributed by atoms with van der Waals surface area (Å²) in [7, 11) is -3.60. The maximum absolute atomic E-state index is 13.0. The number of hydrogen-bond donors (Lipinski definition) is 0. The van der Waals surface area contributed by atoms with Gasteiger partial charge in [0.15, 0.2) is 0 Å². The predicted octanol–water partition coefficient (Wildman–Crippen LogP) is 2.78. The van der Waals surface area contributed by atoms with Crippen molar-refractivity contribution < 1.29 is 22.7 Å². The first kappa shape index (κ1) is 19.9. The van der Waals surface area contributed by atoms with Crippen LogP contribution in [0.3, 0.4) is 0 Å². The van der Waals surface area contributed by atoms with E-state index in [1.54, 1.807) is 36.9 Å². The lowest BCUT2D eigenvalue weighted by Gasteiger charge is -2.33. The van der Waals surface area contributed by atoms with Crippen molar-refractivity contribution in [3.05, 3.63) is 23.8 Å². The van der Waals surface area contributed by atoms with Crippen LogP contribution in [-0.4, -0.2) is 62.6 Å². The Kier molecular flexibility index (Phi) is 6.26. The molecule has 2 aliphatic rings. The van der Waals surface area contributed by atoms with Crippen LogP contribution in [0.5, 0.6) is 5.75 Å². The van der Waals surface area contributed by atoms with Crippen LogP contribution in [0.15, 0.2) is 23.1 Å². The zero-order valence-corrected chi connectivity index (χ0v) is 16.8. The maximum Gasteiger partial charge on any atom is 0.409 e. The monoisotopic (exact) mass is 396 g/mol. The molecule has 1 saturated heterocycles. The minimum Gasteiger partial charge on any atom is -0.490 e. The lowest BCUT2D eigenvalue weighted by molar-refractivity contribution is 0.0934. The third-order valence-corrected chi connectivity index (χ3v) is 7.19. The SMILES string of the molecule is CCOC(=O)N1CCN(S(=O)(=O)c2ccc(OC3CCCC3)cc2C)CC1. The van der Waals surface area contributed by atoms with Gasteiger partial charge in [0.25, 0.3) is 0 Å². The highest BCUT2D eigenvalue weighted by Gasteiger charge is 2.31. The topological polar surface area (TPSA) is 76.2 Å². The molecule has 2 fully saturated rings.